The van der Waals surface area contributed by atoms with Gasteiger partial charge in [-0.15, -0.1) is 0 Å². The summed E-state index contributed by atoms with van der Waals surface area (Å²) in [4.78, 5) is 37.8. The number of hydrogen-bond donors (Lipinski definition) is 0. The normalized spacial score (nSPS) is 13.0. The van der Waals surface area contributed by atoms with E-state index >= 15 is 0 Å². The number of esters is 3. The lowest BCUT2D eigenvalue weighted by atomic mass is 10.1. The van der Waals surface area contributed by atoms with E-state index in [1.54, 1.807) is 0 Å². The second-order valence-electron chi connectivity index (χ2n) is 18.8. The number of allylic oxidation sites excluding steroid dienone is 20. The van der Waals surface area contributed by atoms with Gasteiger partial charge >= 0.3 is 17.9 Å². The first-order chi connectivity index (χ1) is 35.0. The van der Waals surface area contributed by atoms with Crippen molar-refractivity contribution in [3.8, 4) is 0 Å². The summed E-state index contributed by atoms with van der Waals surface area (Å²) in [6.07, 6.45) is 80.9. The maximum atomic E-state index is 12.8. The zero-order chi connectivity index (χ0) is 51.4. The van der Waals surface area contributed by atoms with Crippen molar-refractivity contribution in [2.75, 3.05) is 13.2 Å². The maximum Gasteiger partial charge on any atom is 0.306 e. The van der Waals surface area contributed by atoms with E-state index in [-0.39, 0.29) is 31.1 Å². The third-order valence-electron chi connectivity index (χ3n) is 12.0. The minimum absolute atomic E-state index is 0.0968. The largest absolute Gasteiger partial charge is 0.462 e. The highest BCUT2D eigenvalue weighted by molar-refractivity contribution is 5.71. The van der Waals surface area contributed by atoms with Gasteiger partial charge in [-0.1, -0.05) is 239 Å². The number of carbonyl (C=O) groups is 3. The molecule has 6 nitrogen and oxygen atoms in total. The van der Waals surface area contributed by atoms with Gasteiger partial charge in [0, 0.05) is 19.3 Å². The molecule has 402 valence electrons. The minimum Gasteiger partial charge on any atom is -0.462 e. The molecule has 0 aliphatic rings. The van der Waals surface area contributed by atoms with Crippen molar-refractivity contribution in [2.45, 2.75) is 258 Å². The fourth-order valence-corrected chi connectivity index (χ4v) is 7.60. The van der Waals surface area contributed by atoms with Crippen LogP contribution in [0.5, 0.6) is 0 Å². The van der Waals surface area contributed by atoms with Crippen molar-refractivity contribution >= 4 is 17.9 Å². The third kappa shape index (κ3) is 56.6. The van der Waals surface area contributed by atoms with Crippen LogP contribution >= 0.6 is 0 Å². The molecule has 0 aromatic heterocycles. The van der Waals surface area contributed by atoms with Gasteiger partial charge in [0.1, 0.15) is 13.2 Å². The van der Waals surface area contributed by atoms with Gasteiger partial charge in [-0.05, 0) is 116 Å². The van der Waals surface area contributed by atoms with Crippen molar-refractivity contribution in [2.24, 2.45) is 0 Å². The second kappa shape index (κ2) is 58.4. The average molecular weight is 984 g/mol. The zero-order valence-electron chi connectivity index (χ0n) is 45.9. The first-order valence-corrected chi connectivity index (χ1v) is 29.0. The molecular weight excluding hydrogens is 877 g/mol. The molecule has 0 aliphatic heterocycles. The van der Waals surface area contributed by atoms with Crippen LogP contribution in [0.15, 0.2) is 122 Å². The SMILES string of the molecule is CC/C=C\C/C=C\C/C=C\C/C=C\C/C=C\C/C=C\C/C=C\C/C=C\CCCCC(=O)OCC(COC(=O)CCCCCCC)OC(=O)CCCCCCCCCCC/C=C\C/C=C\CCCCCCC. The van der Waals surface area contributed by atoms with Crippen molar-refractivity contribution < 1.29 is 28.6 Å². The van der Waals surface area contributed by atoms with E-state index in [2.05, 4.69) is 142 Å². The van der Waals surface area contributed by atoms with E-state index in [1.165, 1.54) is 83.5 Å². The van der Waals surface area contributed by atoms with Gasteiger partial charge in [0.05, 0.1) is 0 Å². The highest BCUT2D eigenvalue weighted by Gasteiger charge is 2.19. The molecule has 0 aromatic rings. The fraction of sp³-hybridized carbons (Fsp3) is 0.646. The molecule has 0 amide bonds. The lowest BCUT2D eigenvalue weighted by Gasteiger charge is -2.18. The van der Waals surface area contributed by atoms with Crippen LogP contribution in [-0.4, -0.2) is 37.2 Å². The molecule has 0 radical (unpaired) electrons. The highest BCUT2D eigenvalue weighted by atomic mass is 16.6. The van der Waals surface area contributed by atoms with Gasteiger partial charge in [0.15, 0.2) is 6.10 Å². The minimum atomic E-state index is -0.798. The van der Waals surface area contributed by atoms with E-state index in [1.807, 2.05) is 0 Å². The fourth-order valence-electron chi connectivity index (χ4n) is 7.60. The summed E-state index contributed by atoms with van der Waals surface area (Å²) in [5.41, 5.74) is 0. The predicted octanol–water partition coefficient (Wildman–Crippen LogP) is 19.6. The van der Waals surface area contributed by atoms with Gasteiger partial charge in [-0.3, -0.25) is 14.4 Å². The number of unbranched alkanes of at least 4 members (excludes halogenated alkanes) is 20. The van der Waals surface area contributed by atoms with E-state index in [0.29, 0.717) is 25.7 Å². The Balaban J connectivity index is 4.23. The Hall–Kier alpha value is -4.19. The van der Waals surface area contributed by atoms with E-state index < -0.39 is 6.10 Å². The van der Waals surface area contributed by atoms with E-state index in [4.69, 9.17) is 14.2 Å². The van der Waals surface area contributed by atoms with Crippen molar-refractivity contribution in [3.05, 3.63) is 122 Å². The van der Waals surface area contributed by atoms with E-state index in [9.17, 15) is 14.4 Å². The maximum absolute atomic E-state index is 12.8. The molecule has 0 spiro atoms. The molecule has 6 heteroatoms. The molecule has 0 fully saturated rings. The molecule has 0 aliphatic carbocycles. The summed E-state index contributed by atoms with van der Waals surface area (Å²) in [5.74, 6) is -0.963. The molecule has 0 aromatic carbocycles. The molecule has 0 bridgehead atoms. The van der Waals surface area contributed by atoms with Crippen LogP contribution in [0.3, 0.4) is 0 Å². The first-order valence-electron chi connectivity index (χ1n) is 29.0. The molecule has 71 heavy (non-hydrogen) atoms. The van der Waals surface area contributed by atoms with Crippen molar-refractivity contribution in [3.63, 3.8) is 0 Å². The Morgan fingerprint density at radius 2 is 0.549 bits per heavy atom. The lowest BCUT2D eigenvalue weighted by molar-refractivity contribution is -0.167. The average Bonchev–Trinajstić information content (AvgIpc) is 3.37. The van der Waals surface area contributed by atoms with Crippen molar-refractivity contribution in [1.29, 1.82) is 0 Å². The van der Waals surface area contributed by atoms with Crippen LogP contribution in [0.25, 0.3) is 0 Å². The van der Waals surface area contributed by atoms with Gasteiger partial charge in [-0.2, -0.15) is 0 Å². The predicted molar refractivity (Wildman–Crippen MR) is 306 cm³/mol. The Bertz CT molecular complexity index is 1500. The Labute approximate surface area is 437 Å². The Morgan fingerprint density at radius 3 is 0.887 bits per heavy atom. The van der Waals surface area contributed by atoms with Gasteiger partial charge in [-0.25, -0.2) is 0 Å². The van der Waals surface area contributed by atoms with Gasteiger partial charge in [0.2, 0.25) is 0 Å². The van der Waals surface area contributed by atoms with Crippen LogP contribution in [-0.2, 0) is 28.6 Å². The first kappa shape index (κ1) is 66.8. The van der Waals surface area contributed by atoms with Gasteiger partial charge < -0.3 is 14.2 Å². The summed E-state index contributed by atoms with van der Waals surface area (Å²) in [7, 11) is 0. The second-order valence-corrected chi connectivity index (χ2v) is 18.8. The molecule has 0 heterocycles. The molecular formula is C65H106O6. The Kier molecular flexibility index (Phi) is 54.9. The van der Waals surface area contributed by atoms with E-state index in [0.717, 1.165) is 122 Å². The van der Waals surface area contributed by atoms with Crippen LogP contribution in [0.2, 0.25) is 0 Å². The summed E-state index contributed by atoms with van der Waals surface area (Å²) in [5, 5.41) is 0. The smallest absolute Gasteiger partial charge is 0.306 e. The van der Waals surface area contributed by atoms with Crippen molar-refractivity contribution in [1.82, 2.24) is 0 Å². The topological polar surface area (TPSA) is 78.9 Å². The summed E-state index contributed by atoms with van der Waals surface area (Å²) >= 11 is 0. The highest BCUT2D eigenvalue weighted by Crippen LogP contribution is 2.14. The van der Waals surface area contributed by atoms with Crippen LogP contribution in [0, 0.1) is 0 Å². The standard InChI is InChI=1S/C65H106O6/c1-4-7-10-13-15-17-19-21-23-25-27-29-30-31-32-33-34-36-37-39-41-43-45-47-49-52-55-58-64(67)70-61-62(60-69-63(66)57-54-51-12-9-6-3)71-65(68)59-56-53-50-48-46-44-42-40-38-35-28-26-24-22-20-18-16-14-11-8-5-2/h7,10,15,17,20-23,26-29,31-32,34,36,39,41,45,47,62H,4-6,8-9,11-14,16,18-19,24-25,30,33,35,37-38,40,42-44,46,48-61H2,1-3H3/b10-7-,17-15-,22-20-,23-21-,28-26-,29-27-,32-31-,36-34-,41-39-,47-45-. The quantitative estimate of drug-likeness (QED) is 0.0261. The molecule has 0 saturated heterocycles. The van der Waals surface area contributed by atoms with Crippen LogP contribution in [0.1, 0.15) is 252 Å². The summed E-state index contributed by atoms with van der Waals surface area (Å²) < 4.78 is 16.7. The third-order valence-corrected chi connectivity index (χ3v) is 12.0. The molecule has 0 N–H and O–H groups in total. The van der Waals surface area contributed by atoms with Gasteiger partial charge in [0.25, 0.3) is 0 Å². The monoisotopic (exact) mass is 983 g/mol. The molecule has 1 atom stereocenters. The Morgan fingerprint density at radius 1 is 0.296 bits per heavy atom. The molecule has 0 saturated carbocycles. The number of ether oxygens (including phenoxy) is 3. The number of rotatable bonds is 51. The molecule has 0 rings (SSSR count). The lowest BCUT2D eigenvalue weighted by Crippen LogP contribution is -2.30. The zero-order valence-corrected chi connectivity index (χ0v) is 45.9. The van der Waals surface area contributed by atoms with Crippen LogP contribution < -0.4 is 0 Å². The molecule has 1 unspecified atom stereocenters. The summed E-state index contributed by atoms with van der Waals surface area (Å²) in [6.45, 7) is 6.38. The van der Waals surface area contributed by atoms with Crippen LogP contribution in [0.4, 0.5) is 0 Å². The summed E-state index contributed by atoms with van der Waals surface area (Å²) in [6, 6.07) is 0. The number of hydrogen-bond acceptors (Lipinski definition) is 6. The number of carbonyl (C=O) groups excluding carboxylic acids is 3.